The van der Waals surface area contributed by atoms with Crippen molar-refractivity contribution in [3.63, 3.8) is 0 Å². The molecule has 196 valence electrons. The van der Waals surface area contributed by atoms with Crippen LogP contribution in [-0.4, -0.2) is 42.4 Å². The molecule has 0 saturated carbocycles. The number of benzene rings is 3. The van der Waals surface area contributed by atoms with Crippen LogP contribution < -0.4 is 19.3 Å². The van der Waals surface area contributed by atoms with Crippen molar-refractivity contribution < 1.29 is 29.3 Å². The molecule has 2 atom stereocenters. The third-order valence-corrected chi connectivity index (χ3v) is 7.10. The number of aliphatic hydroxyl groups is 2. The first kappa shape index (κ1) is 25.5. The number of hydrogen-bond donors (Lipinski definition) is 2. The van der Waals surface area contributed by atoms with Gasteiger partial charge in [-0.1, -0.05) is 43.3 Å². The Hall–Kier alpha value is -4.14. The van der Waals surface area contributed by atoms with Gasteiger partial charge in [0.1, 0.15) is 11.5 Å². The Morgan fingerprint density at radius 2 is 1.84 bits per heavy atom. The van der Waals surface area contributed by atoms with Crippen LogP contribution in [0.4, 0.5) is 17.1 Å². The Balaban J connectivity index is 1.44. The first-order chi connectivity index (χ1) is 18.4. The Kier molecular flexibility index (Phi) is 6.93. The van der Waals surface area contributed by atoms with Crippen LogP contribution in [0, 0.1) is 5.92 Å². The second kappa shape index (κ2) is 10.3. The predicted molar refractivity (Wildman–Crippen MR) is 144 cm³/mol. The van der Waals surface area contributed by atoms with Gasteiger partial charge >= 0.3 is 0 Å². The summed E-state index contributed by atoms with van der Waals surface area (Å²) >= 11 is 0. The molecule has 8 nitrogen and oxygen atoms in total. The number of fused-ring (bicyclic) bond motifs is 2. The molecule has 0 spiro atoms. The lowest BCUT2D eigenvalue weighted by atomic mass is 9.83. The largest absolute Gasteiger partial charge is 0.497 e. The average Bonchev–Trinajstić information content (AvgIpc) is 3.15. The molecule has 2 N–H and O–H groups in total. The molecular formula is C30H30N2O6. The van der Waals surface area contributed by atoms with Crippen molar-refractivity contribution in [3.05, 3.63) is 90.0 Å². The molecule has 2 amide bonds. The van der Waals surface area contributed by atoms with Crippen molar-refractivity contribution >= 4 is 28.9 Å². The molecule has 0 radical (unpaired) electrons. The molecule has 3 aromatic carbocycles. The third kappa shape index (κ3) is 4.31. The van der Waals surface area contributed by atoms with Crippen LogP contribution in [-0.2, 0) is 21.7 Å². The Morgan fingerprint density at radius 1 is 1.08 bits per heavy atom. The highest BCUT2D eigenvalue weighted by molar-refractivity contribution is 6.07. The lowest BCUT2D eigenvalue weighted by Crippen LogP contribution is -2.44. The van der Waals surface area contributed by atoms with Crippen molar-refractivity contribution in [2.45, 2.75) is 25.5 Å². The molecule has 0 saturated heterocycles. The summed E-state index contributed by atoms with van der Waals surface area (Å²) in [4.78, 5) is 29.6. The molecule has 0 bridgehead atoms. The first-order valence-electron chi connectivity index (χ1n) is 12.5. The molecule has 8 heteroatoms. The zero-order chi connectivity index (χ0) is 26.9. The van der Waals surface area contributed by atoms with Crippen LogP contribution in [0.25, 0.3) is 0 Å². The molecule has 2 aliphatic heterocycles. The van der Waals surface area contributed by atoms with E-state index < -0.39 is 17.4 Å². The minimum atomic E-state index is -1.78. The smallest absolute Gasteiger partial charge is 0.269 e. The fourth-order valence-electron chi connectivity index (χ4n) is 5.04. The number of aliphatic hydroxyl groups excluding tert-OH is 1. The number of para-hydroxylation sites is 2. The van der Waals surface area contributed by atoms with Gasteiger partial charge in [0.25, 0.3) is 11.8 Å². The van der Waals surface area contributed by atoms with Crippen molar-refractivity contribution in [2.24, 2.45) is 5.92 Å². The molecule has 5 rings (SSSR count). The molecule has 0 fully saturated rings. The van der Waals surface area contributed by atoms with Crippen molar-refractivity contribution in [1.82, 2.24) is 0 Å². The van der Waals surface area contributed by atoms with E-state index >= 15 is 0 Å². The van der Waals surface area contributed by atoms with Crippen LogP contribution in [0.1, 0.15) is 24.5 Å². The zero-order valence-corrected chi connectivity index (χ0v) is 21.3. The van der Waals surface area contributed by atoms with E-state index in [1.165, 1.54) is 0 Å². The normalized spacial score (nSPS) is 19.4. The van der Waals surface area contributed by atoms with Crippen LogP contribution in [0.2, 0.25) is 0 Å². The number of carbonyl (C=O) groups is 2. The number of methoxy groups -OCH3 is 1. The van der Waals surface area contributed by atoms with Gasteiger partial charge in [-0.05, 0) is 54.4 Å². The van der Waals surface area contributed by atoms with Gasteiger partial charge in [-0.3, -0.25) is 14.5 Å². The Bertz CT molecular complexity index is 1390. The SMILES string of the molecule is COc1ccc2c(c1)[C@@](O)([C@H](C)/C=C/CCO)C(=O)N2Cc1ccc(N2C(=O)COc3ccccc32)cc1. The minimum Gasteiger partial charge on any atom is -0.497 e. The Labute approximate surface area is 221 Å². The van der Waals surface area contributed by atoms with Crippen LogP contribution in [0.5, 0.6) is 11.5 Å². The van der Waals surface area contributed by atoms with Gasteiger partial charge in [0, 0.05) is 23.8 Å². The van der Waals surface area contributed by atoms with E-state index in [-0.39, 0.29) is 25.7 Å². The van der Waals surface area contributed by atoms with E-state index in [4.69, 9.17) is 14.6 Å². The van der Waals surface area contributed by atoms with Crippen LogP contribution in [0.15, 0.2) is 78.9 Å². The molecule has 2 heterocycles. The van der Waals surface area contributed by atoms with Gasteiger partial charge in [0.15, 0.2) is 12.2 Å². The van der Waals surface area contributed by atoms with E-state index in [2.05, 4.69) is 0 Å². The van der Waals surface area contributed by atoms with Crippen LogP contribution in [0.3, 0.4) is 0 Å². The maximum Gasteiger partial charge on any atom is 0.269 e. The van der Waals surface area contributed by atoms with Gasteiger partial charge < -0.3 is 24.6 Å². The van der Waals surface area contributed by atoms with Gasteiger partial charge in [-0.2, -0.15) is 0 Å². The molecule has 0 unspecified atom stereocenters. The summed E-state index contributed by atoms with van der Waals surface area (Å²) in [5, 5.41) is 20.9. The molecule has 2 aliphatic rings. The second-order valence-corrected chi connectivity index (χ2v) is 9.42. The fourth-order valence-corrected chi connectivity index (χ4v) is 5.04. The van der Waals surface area contributed by atoms with E-state index in [9.17, 15) is 14.7 Å². The standard InChI is InChI=1S/C30H30N2O6/c1-20(7-5-6-16-33)30(36)24-17-23(37-2)14-15-25(24)31(29(30)35)18-21-10-12-22(13-11-21)32-26-8-3-4-9-27(26)38-19-28(32)34/h3-5,7-15,17,20,33,36H,6,16,18-19H2,1-2H3/b7-5+/t20-,30+/m1/s1. The quantitative estimate of drug-likeness (QED) is 0.440. The van der Waals surface area contributed by atoms with Crippen molar-refractivity contribution in [3.8, 4) is 11.5 Å². The lowest BCUT2D eigenvalue weighted by Gasteiger charge is -2.29. The number of nitrogens with zero attached hydrogens (tertiary/aromatic N) is 2. The van der Waals surface area contributed by atoms with E-state index in [1.807, 2.05) is 48.5 Å². The minimum absolute atomic E-state index is 0.0102. The number of rotatable bonds is 8. The average molecular weight is 515 g/mol. The van der Waals surface area contributed by atoms with E-state index in [1.54, 1.807) is 54.2 Å². The number of ether oxygens (including phenoxy) is 2. The second-order valence-electron chi connectivity index (χ2n) is 9.42. The monoisotopic (exact) mass is 514 g/mol. The molecule has 3 aromatic rings. The molecule has 38 heavy (non-hydrogen) atoms. The van der Waals surface area contributed by atoms with Gasteiger partial charge in [0.2, 0.25) is 0 Å². The fraction of sp³-hybridized carbons (Fsp3) is 0.267. The van der Waals surface area contributed by atoms with E-state index in [0.717, 1.165) is 5.56 Å². The van der Waals surface area contributed by atoms with Crippen molar-refractivity contribution in [2.75, 3.05) is 30.1 Å². The zero-order valence-electron chi connectivity index (χ0n) is 21.3. The summed E-state index contributed by atoms with van der Waals surface area (Å²) in [5.74, 6) is 0.0632. The maximum atomic E-state index is 13.7. The lowest BCUT2D eigenvalue weighted by molar-refractivity contribution is -0.139. The molecule has 0 aromatic heterocycles. The third-order valence-electron chi connectivity index (χ3n) is 7.10. The summed E-state index contributed by atoms with van der Waals surface area (Å²) in [5.41, 5.74) is 1.54. The first-order valence-corrected chi connectivity index (χ1v) is 12.5. The number of anilines is 3. The summed E-state index contributed by atoms with van der Waals surface area (Å²) in [6.45, 7) is 1.97. The van der Waals surface area contributed by atoms with Gasteiger partial charge in [-0.25, -0.2) is 0 Å². The van der Waals surface area contributed by atoms with Crippen LogP contribution >= 0.6 is 0 Å². The van der Waals surface area contributed by atoms with Crippen molar-refractivity contribution in [1.29, 1.82) is 0 Å². The number of carbonyl (C=O) groups excluding carboxylic acids is 2. The molecule has 0 aliphatic carbocycles. The topological polar surface area (TPSA) is 99.5 Å². The summed E-state index contributed by atoms with van der Waals surface area (Å²) in [6.07, 6.45) is 3.96. The number of hydrogen-bond acceptors (Lipinski definition) is 6. The predicted octanol–water partition coefficient (Wildman–Crippen LogP) is 4.06. The summed E-state index contributed by atoms with van der Waals surface area (Å²) < 4.78 is 10.9. The molecular weight excluding hydrogens is 484 g/mol. The highest BCUT2D eigenvalue weighted by Crippen LogP contribution is 2.47. The Morgan fingerprint density at radius 3 is 2.58 bits per heavy atom. The van der Waals surface area contributed by atoms with Gasteiger partial charge in [0.05, 0.1) is 25.0 Å². The number of amides is 2. The highest BCUT2D eigenvalue weighted by Gasteiger charge is 2.52. The van der Waals surface area contributed by atoms with E-state index in [0.29, 0.717) is 40.5 Å². The highest BCUT2D eigenvalue weighted by atomic mass is 16.5. The summed E-state index contributed by atoms with van der Waals surface area (Å²) in [6, 6.07) is 20.1. The van der Waals surface area contributed by atoms with Gasteiger partial charge in [-0.15, -0.1) is 0 Å². The summed E-state index contributed by atoms with van der Waals surface area (Å²) in [7, 11) is 1.54. The maximum absolute atomic E-state index is 13.7.